The lowest BCUT2D eigenvalue weighted by molar-refractivity contribution is 0.0526. The Morgan fingerprint density at radius 3 is 2.48 bits per heavy atom. The van der Waals surface area contributed by atoms with Crippen molar-refractivity contribution in [2.75, 3.05) is 38.1 Å². The largest absolute Gasteiger partial charge is 0.462 e. The van der Waals surface area contributed by atoms with Gasteiger partial charge < -0.3 is 15.0 Å². The van der Waals surface area contributed by atoms with E-state index in [1.807, 2.05) is 11.8 Å². The van der Waals surface area contributed by atoms with Gasteiger partial charge in [-0.15, -0.1) is 11.3 Å². The molecule has 0 bridgehead atoms. The number of aryl methyl sites for hydroxylation is 1. The Bertz CT molecular complexity index is 1110. The summed E-state index contributed by atoms with van der Waals surface area (Å²) < 4.78 is 32.6. The summed E-state index contributed by atoms with van der Waals surface area (Å²) in [5.74, 6) is -0.305. The number of piperazine rings is 1. The van der Waals surface area contributed by atoms with Crippen molar-refractivity contribution < 1.29 is 17.9 Å². The third-order valence-corrected chi connectivity index (χ3v) is 9.51. The predicted octanol–water partition coefficient (Wildman–Crippen LogP) is 3.90. The number of carbonyl (C=O) groups excluding carboxylic acids is 1. The van der Waals surface area contributed by atoms with Gasteiger partial charge in [0.05, 0.1) is 17.1 Å². The molecule has 0 spiro atoms. The molecule has 2 aromatic rings. The van der Waals surface area contributed by atoms with E-state index in [1.54, 1.807) is 41.7 Å². The summed E-state index contributed by atoms with van der Waals surface area (Å²) in [6.07, 6.45) is 5.21. The van der Waals surface area contributed by atoms with E-state index in [4.69, 9.17) is 17.0 Å². The van der Waals surface area contributed by atoms with E-state index in [-0.39, 0.29) is 5.97 Å². The van der Waals surface area contributed by atoms with Gasteiger partial charge in [0.25, 0.3) is 0 Å². The van der Waals surface area contributed by atoms with E-state index in [9.17, 15) is 13.2 Å². The fourth-order valence-corrected chi connectivity index (χ4v) is 7.37. The Kier molecular flexibility index (Phi) is 7.68. The Labute approximate surface area is 204 Å². The first-order valence-electron chi connectivity index (χ1n) is 11.3. The first kappa shape index (κ1) is 24.1. The second-order valence-electron chi connectivity index (χ2n) is 8.12. The number of fused-ring (bicyclic) bond motifs is 1. The molecule has 0 amide bonds. The lowest BCUT2D eigenvalue weighted by Crippen LogP contribution is -2.51. The highest BCUT2D eigenvalue weighted by atomic mass is 32.2. The lowest BCUT2D eigenvalue weighted by Gasteiger charge is -2.35. The molecule has 178 valence electrons. The molecule has 1 aromatic heterocycles. The van der Waals surface area contributed by atoms with E-state index >= 15 is 0 Å². The molecule has 1 aliphatic carbocycles. The van der Waals surface area contributed by atoms with Crippen molar-refractivity contribution in [3.63, 3.8) is 0 Å². The maximum absolute atomic E-state index is 12.9. The Morgan fingerprint density at radius 2 is 1.79 bits per heavy atom. The summed E-state index contributed by atoms with van der Waals surface area (Å²) in [6, 6.07) is 8.49. The van der Waals surface area contributed by atoms with E-state index in [1.165, 1.54) is 15.6 Å². The zero-order chi connectivity index (χ0) is 23.4. The van der Waals surface area contributed by atoms with Crippen LogP contribution in [0.25, 0.3) is 0 Å². The fourth-order valence-electron chi connectivity index (χ4n) is 4.30. The zero-order valence-electron chi connectivity index (χ0n) is 18.7. The van der Waals surface area contributed by atoms with Crippen LogP contribution in [0.5, 0.6) is 0 Å². The average molecular weight is 508 g/mol. The van der Waals surface area contributed by atoms with Crippen LogP contribution in [0.2, 0.25) is 0 Å². The van der Waals surface area contributed by atoms with E-state index in [2.05, 4.69) is 5.32 Å². The van der Waals surface area contributed by atoms with Gasteiger partial charge in [-0.1, -0.05) is 24.6 Å². The molecular formula is C23H29N3O4S3. The molecule has 33 heavy (non-hydrogen) atoms. The van der Waals surface area contributed by atoms with E-state index < -0.39 is 10.0 Å². The summed E-state index contributed by atoms with van der Waals surface area (Å²) in [7, 11) is -3.52. The van der Waals surface area contributed by atoms with Crippen LogP contribution in [0.15, 0.2) is 35.2 Å². The second-order valence-corrected chi connectivity index (χ2v) is 11.6. The number of sulfonamides is 1. The summed E-state index contributed by atoms with van der Waals surface area (Å²) in [6.45, 7) is 3.81. The van der Waals surface area contributed by atoms with Crippen LogP contribution in [0, 0.1) is 0 Å². The summed E-state index contributed by atoms with van der Waals surface area (Å²) in [4.78, 5) is 16.3. The predicted molar refractivity (Wildman–Crippen MR) is 135 cm³/mol. The Hall–Kier alpha value is -2.01. The van der Waals surface area contributed by atoms with Crippen molar-refractivity contribution in [1.29, 1.82) is 0 Å². The number of esters is 1. The number of thiocarbonyl (C=S) groups is 1. The van der Waals surface area contributed by atoms with Gasteiger partial charge in [-0.2, -0.15) is 4.31 Å². The molecular weight excluding hydrogens is 478 g/mol. The van der Waals surface area contributed by atoms with Gasteiger partial charge in [0.15, 0.2) is 5.11 Å². The fraction of sp³-hybridized carbons (Fsp3) is 0.478. The normalized spacial score (nSPS) is 17.2. The molecule has 1 aliphatic heterocycles. The van der Waals surface area contributed by atoms with Crippen LogP contribution in [-0.2, 0) is 27.6 Å². The number of anilines is 1. The number of carbonyl (C=O) groups is 1. The minimum absolute atomic E-state index is 0.304. The number of hydrogen-bond donors (Lipinski definition) is 1. The smallest absolute Gasteiger partial charge is 0.341 e. The molecule has 1 aromatic carbocycles. The molecule has 0 saturated carbocycles. The van der Waals surface area contributed by atoms with Gasteiger partial charge in [-0.25, -0.2) is 13.2 Å². The highest BCUT2D eigenvalue weighted by Gasteiger charge is 2.31. The second kappa shape index (κ2) is 10.5. The average Bonchev–Trinajstić information content (AvgIpc) is 3.00. The van der Waals surface area contributed by atoms with Crippen molar-refractivity contribution >= 4 is 49.7 Å². The number of rotatable bonds is 5. The minimum atomic E-state index is -3.52. The molecule has 1 N–H and O–H groups in total. The van der Waals surface area contributed by atoms with Crippen LogP contribution in [-0.4, -0.2) is 61.5 Å². The maximum atomic E-state index is 12.9. The monoisotopic (exact) mass is 507 g/mol. The molecule has 2 heterocycles. The number of thiophene rings is 1. The molecule has 10 heteroatoms. The van der Waals surface area contributed by atoms with Gasteiger partial charge in [0.2, 0.25) is 10.0 Å². The molecule has 1 fully saturated rings. The van der Waals surface area contributed by atoms with Crippen LogP contribution >= 0.6 is 23.6 Å². The van der Waals surface area contributed by atoms with Crippen LogP contribution in [0.4, 0.5) is 5.00 Å². The SMILES string of the molecule is CCOC(=O)c1c(NC(=S)N2CCN(S(=O)(=O)c3ccccc3)CC2)sc2c1CCCCC2. The van der Waals surface area contributed by atoms with Crippen molar-refractivity contribution in [3.05, 3.63) is 46.3 Å². The van der Waals surface area contributed by atoms with Crippen molar-refractivity contribution in [3.8, 4) is 0 Å². The van der Waals surface area contributed by atoms with Gasteiger partial charge in [0, 0.05) is 31.1 Å². The quantitative estimate of drug-likeness (QED) is 0.374. The number of nitrogens with one attached hydrogen (secondary N) is 1. The molecule has 2 aliphatic rings. The maximum Gasteiger partial charge on any atom is 0.341 e. The summed E-state index contributed by atoms with van der Waals surface area (Å²) in [5.41, 5.74) is 1.71. The van der Waals surface area contributed by atoms with Crippen LogP contribution in [0.1, 0.15) is 47.0 Å². The minimum Gasteiger partial charge on any atom is -0.462 e. The first-order valence-corrected chi connectivity index (χ1v) is 14.0. The van der Waals surface area contributed by atoms with E-state index in [0.29, 0.717) is 48.4 Å². The van der Waals surface area contributed by atoms with Gasteiger partial charge in [-0.3, -0.25) is 0 Å². The summed E-state index contributed by atoms with van der Waals surface area (Å²) >= 11 is 7.25. The Morgan fingerprint density at radius 1 is 1.09 bits per heavy atom. The standard InChI is InChI=1S/C23H29N3O4S3/c1-2-30-22(27)20-18-11-7-4-8-12-19(18)32-21(20)24-23(31)25-13-15-26(16-14-25)33(28,29)17-9-5-3-6-10-17/h3,5-6,9-10H,2,4,7-8,11-16H2,1H3,(H,24,31). The van der Waals surface area contributed by atoms with Gasteiger partial charge in [-0.05, 0) is 62.5 Å². The Balaban J connectivity index is 1.46. The van der Waals surface area contributed by atoms with Crippen molar-refractivity contribution in [1.82, 2.24) is 9.21 Å². The highest BCUT2D eigenvalue weighted by molar-refractivity contribution is 7.89. The molecule has 0 atom stereocenters. The van der Waals surface area contributed by atoms with Crippen LogP contribution < -0.4 is 5.32 Å². The first-order chi connectivity index (χ1) is 15.9. The third-order valence-electron chi connectivity index (χ3n) is 6.03. The number of hydrogen-bond acceptors (Lipinski definition) is 6. The zero-order valence-corrected chi connectivity index (χ0v) is 21.2. The van der Waals surface area contributed by atoms with Crippen molar-refractivity contribution in [2.24, 2.45) is 0 Å². The number of ether oxygens (including phenoxy) is 1. The molecule has 4 rings (SSSR count). The molecule has 7 nitrogen and oxygen atoms in total. The molecule has 0 radical (unpaired) electrons. The van der Waals surface area contributed by atoms with Crippen molar-refractivity contribution in [2.45, 2.75) is 43.9 Å². The topological polar surface area (TPSA) is 79.0 Å². The van der Waals surface area contributed by atoms with Crippen LogP contribution in [0.3, 0.4) is 0 Å². The number of benzene rings is 1. The number of nitrogens with zero attached hydrogens (tertiary/aromatic N) is 2. The van der Waals surface area contributed by atoms with Gasteiger partial charge >= 0.3 is 5.97 Å². The molecule has 1 saturated heterocycles. The molecule has 0 unspecified atom stereocenters. The third kappa shape index (κ3) is 5.24. The lowest BCUT2D eigenvalue weighted by atomic mass is 10.1. The summed E-state index contributed by atoms with van der Waals surface area (Å²) in [5, 5.41) is 4.54. The van der Waals surface area contributed by atoms with E-state index in [0.717, 1.165) is 36.2 Å². The highest BCUT2D eigenvalue weighted by Crippen LogP contribution is 2.38. The van der Waals surface area contributed by atoms with Gasteiger partial charge in [0.1, 0.15) is 5.00 Å².